The molecule has 0 saturated heterocycles. The molecule has 1 unspecified atom stereocenters. The lowest BCUT2D eigenvalue weighted by Crippen LogP contribution is -2.10. The summed E-state index contributed by atoms with van der Waals surface area (Å²) in [5, 5.41) is 9.66. The van der Waals surface area contributed by atoms with E-state index in [-0.39, 0.29) is 6.10 Å². The molecule has 1 aromatic carbocycles. The minimum atomic E-state index is -0.245. The zero-order valence-corrected chi connectivity index (χ0v) is 10.3. The quantitative estimate of drug-likeness (QED) is 0.524. The normalized spacial score (nSPS) is 12.3. The van der Waals surface area contributed by atoms with Gasteiger partial charge in [-0.2, -0.15) is 0 Å². The zero-order valence-electron chi connectivity index (χ0n) is 10.3. The van der Waals surface area contributed by atoms with Crippen molar-refractivity contribution in [3.05, 3.63) is 48.6 Å². The fourth-order valence-corrected chi connectivity index (χ4v) is 1.63. The Balaban J connectivity index is 2.02. The molecule has 0 aromatic heterocycles. The minimum Gasteiger partial charge on any atom is -0.393 e. The first kappa shape index (κ1) is 13.9. The molecule has 17 heavy (non-hydrogen) atoms. The number of rotatable bonds is 9. The van der Waals surface area contributed by atoms with Crippen LogP contribution in [0.1, 0.15) is 31.2 Å². The number of aliphatic hydroxyl groups excluding tert-OH is 1. The summed E-state index contributed by atoms with van der Waals surface area (Å²) in [6.07, 6.45) is 5.17. The van der Waals surface area contributed by atoms with Gasteiger partial charge in [0.2, 0.25) is 0 Å². The molecule has 94 valence electrons. The topological polar surface area (TPSA) is 29.5 Å². The second kappa shape index (κ2) is 8.97. The maximum Gasteiger partial charge on any atom is 0.0716 e. The molecule has 0 aliphatic carbocycles. The average Bonchev–Trinajstić information content (AvgIpc) is 2.36. The standard InChI is InChI=1S/C15H22O2/c1-2-3-5-10-15(16)11-12-17-13-14-8-6-4-7-9-14/h2,4,6-9,15-16H,1,3,5,10-13H2. The van der Waals surface area contributed by atoms with Gasteiger partial charge in [-0.15, -0.1) is 6.58 Å². The molecule has 1 aromatic rings. The Morgan fingerprint density at radius 1 is 1.24 bits per heavy atom. The van der Waals surface area contributed by atoms with E-state index in [2.05, 4.69) is 6.58 Å². The van der Waals surface area contributed by atoms with Gasteiger partial charge in [0.05, 0.1) is 12.7 Å². The Morgan fingerprint density at radius 2 is 2.00 bits per heavy atom. The van der Waals surface area contributed by atoms with Gasteiger partial charge < -0.3 is 9.84 Å². The molecule has 0 spiro atoms. The fourth-order valence-electron chi connectivity index (χ4n) is 1.63. The predicted octanol–water partition coefficient (Wildman–Crippen LogP) is 3.31. The summed E-state index contributed by atoms with van der Waals surface area (Å²) in [5.41, 5.74) is 1.17. The van der Waals surface area contributed by atoms with Gasteiger partial charge in [-0.3, -0.25) is 0 Å². The lowest BCUT2D eigenvalue weighted by Gasteiger charge is -2.10. The van der Waals surface area contributed by atoms with E-state index >= 15 is 0 Å². The maximum atomic E-state index is 9.66. The second-order valence-corrected chi connectivity index (χ2v) is 4.20. The van der Waals surface area contributed by atoms with E-state index in [1.54, 1.807) is 0 Å². The average molecular weight is 234 g/mol. The Kier molecular flexibility index (Phi) is 7.35. The van der Waals surface area contributed by atoms with Crippen molar-refractivity contribution in [3.8, 4) is 0 Å². The van der Waals surface area contributed by atoms with Crippen molar-refractivity contribution in [2.75, 3.05) is 6.61 Å². The molecular weight excluding hydrogens is 212 g/mol. The van der Waals surface area contributed by atoms with Crippen LogP contribution in [0.2, 0.25) is 0 Å². The van der Waals surface area contributed by atoms with Crippen molar-refractivity contribution in [1.82, 2.24) is 0 Å². The van der Waals surface area contributed by atoms with Crippen LogP contribution < -0.4 is 0 Å². The van der Waals surface area contributed by atoms with Crippen LogP contribution in [-0.2, 0) is 11.3 Å². The number of allylic oxidation sites excluding steroid dienone is 1. The van der Waals surface area contributed by atoms with Gasteiger partial charge in [0.15, 0.2) is 0 Å². The highest BCUT2D eigenvalue weighted by molar-refractivity contribution is 5.13. The van der Waals surface area contributed by atoms with Crippen LogP contribution in [0.25, 0.3) is 0 Å². The van der Waals surface area contributed by atoms with E-state index in [9.17, 15) is 5.11 Å². The molecule has 1 rings (SSSR count). The number of benzene rings is 1. The number of hydrogen-bond acceptors (Lipinski definition) is 2. The van der Waals surface area contributed by atoms with Gasteiger partial charge in [-0.05, 0) is 31.2 Å². The Morgan fingerprint density at radius 3 is 2.71 bits per heavy atom. The van der Waals surface area contributed by atoms with Gasteiger partial charge in [-0.1, -0.05) is 36.4 Å². The summed E-state index contributed by atoms with van der Waals surface area (Å²) in [6, 6.07) is 10.1. The largest absolute Gasteiger partial charge is 0.393 e. The molecule has 2 nitrogen and oxygen atoms in total. The molecule has 0 saturated carbocycles. The van der Waals surface area contributed by atoms with Gasteiger partial charge >= 0.3 is 0 Å². The summed E-state index contributed by atoms with van der Waals surface area (Å²) < 4.78 is 5.52. The molecular formula is C15H22O2. The summed E-state index contributed by atoms with van der Waals surface area (Å²) in [7, 11) is 0. The van der Waals surface area contributed by atoms with Crippen LogP contribution in [0.3, 0.4) is 0 Å². The van der Waals surface area contributed by atoms with Crippen molar-refractivity contribution < 1.29 is 9.84 Å². The van der Waals surface area contributed by atoms with Gasteiger partial charge in [0.1, 0.15) is 0 Å². The second-order valence-electron chi connectivity index (χ2n) is 4.20. The third-order valence-electron chi connectivity index (χ3n) is 2.65. The van der Waals surface area contributed by atoms with Crippen molar-refractivity contribution >= 4 is 0 Å². The van der Waals surface area contributed by atoms with E-state index in [0.29, 0.717) is 19.6 Å². The Labute approximate surface area is 104 Å². The third-order valence-corrected chi connectivity index (χ3v) is 2.65. The minimum absolute atomic E-state index is 0.245. The fraction of sp³-hybridized carbons (Fsp3) is 0.467. The van der Waals surface area contributed by atoms with Crippen molar-refractivity contribution in [1.29, 1.82) is 0 Å². The van der Waals surface area contributed by atoms with Gasteiger partial charge in [-0.25, -0.2) is 0 Å². The molecule has 1 N–H and O–H groups in total. The molecule has 0 amide bonds. The molecule has 0 radical (unpaired) electrons. The van der Waals surface area contributed by atoms with Crippen LogP contribution in [-0.4, -0.2) is 17.8 Å². The first-order chi connectivity index (χ1) is 8.33. The number of ether oxygens (including phenoxy) is 1. The molecule has 1 atom stereocenters. The highest BCUT2D eigenvalue weighted by atomic mass is 16.5. The molecule has 0 aliphatic rings. The predicted molar refractivity (Wildman–Crippen MR) is 70.8 cm³/mol. The summed E-state index contributed by atoms with van der Waals surface area (Å²) >= 11 is 0. The SMILES string of the molecule is C=CCCCC(O)CCOCc1ccccc1. The van der Waals surface area contributed by atoms with E-state index in [4.69, 9.17) is 4.74 Å². The monoisotopic (exact) mass is 234 g/mol. The van der Waals surface area contributed by atoms with E-state index in [0.717, 1.165) is 19.3 Å². The van der Waals surface area contributed by atoms with Crippen LogP contribution in [0, 0.1) is 0 Å². The zero-order chi connectivity index (χ0) is 12.3. The lowest BCUT2D eigenvalue weighted by molar-refractivity contribution is 0.0694. The molecule has 0 bridgehead atoms. The van der Waals surface area contributed by atoms with Crippen molar-refractivity contribution in [2.45, 2.75) is 38.4 Å². The van der Waals surface area contributed by atoms with Crippen LogP contribution in [0.15, 0.2) is 43.0 Å². The van der Waals surface area contributed by atoms with Crippen molar-refractivity contribution in [2.24, 2.45) is 0 Å². The highest BCUT2D eigenvalue weighted by Gasteiger charge is 2.03. The first-order valence-corrected chi connectivity index (χ1v) is 6.23. The number of hydrogen-bond donors (Lipinski definition) is 1. The maximum absolute atomic E-state index is 9.66. The van der Waals surface area contributed by atoms with Crippen LogP contribution in [0.4, 0.5) is 0 Å². The Bertz CT molecular complexity index is 295. The summed E-state index contributed by atoms with van der Waals surface area (Å²) in [6.45, 7) is 4.90. The summed E-state index contributed by atoms with van der Waals surface area (Å²) in [4.78, 5) is 0. The lowest BCUT2D eigenvalue weighted by atomic mass is 10.1. The van der Waals surface area contributed by atoms with E-state index in [1.165, 1.54) is 5.56 Å². The van der Waals surface area contributed by atoms with Crippen LogP contribution >= 0.6 is 0 Å². The number of unbranched alkanes of at least 4 members (excludes halogenated alkanes) is 1. The molecule has 0 aliphatic heterocycles. The van der Waals surface area contributed by atoms with Crippen LogP contribution in [0.5, 0.6) is 0 Å². The number of aliphatic hydroxyl groups is 1. The van der Waals surface area contributed by atoms with Crippen molar-refractivity contribution in [3.63, 3.8) is 0 Å². The smallest absolute Gasteiger partial charge is 0.0716 e. The first-order valence-electron chi connectivity index (χ1n) is 6.23. The van der Waals surface area contributed by atoms with Gasteiger partial charge in [0, 0.05) is 6.61 Å². The van der Waals surface area contributed by atoms with E-state index in [1.807, 2.05) is 36.4 Å². The third kappa shape index (κ3) is 6.93. The highest BCUT2D eigenvalue weighted by Crippen LogP contribution is 2.06. The Hall–Kier alpha value is -1.12. The molecule has 0 heterocycles. The molecule has 2 heteroatoms. The van der Waals surface area contributed by atoms with E-state index < -0.39 is 0 Å². The van der Waals surface area contributed by atoms with Gasteiger partial charge in [0.25, 0.3) is 0 Å². The summed E-state index contributed by atoms with van der Waals surface area (Å²) in [5.74, 6) is 0. The molecule has 0 fully saturated rings.